The number of hydrogen-bond donors (Lipinski definition) is 2. The van der Waals surface area contributed by atoms with Crippen LogP contribution in [0.25, 0.3) is 0 Å². The highest BCUT2D eigenvalue weighted by molar-refractivity contribution is 6.04. The van der Waals surface area contributed by atoms with E-state index in [1.54, 1.807) is 18.5 Å². The van der Waals surface area contributed by atoms with Gasteiger partial charge in [-0.25, -0.2) is 4.68 Å². The van der Waals surface area contributed by atoms with Crippen LogP contribution in [0.3, 0.4) is 0 Å². The molecule has 0 bridgehead atoms. The maximum Gasteiger partial charge on any atom is 0.258 e. The van der Waals surface area contributed by atoms with Gasteiger partial charge in [-0.15, -0.1) is 0 Å². The minimum absolute atomic E-state index is 0.0934. The molecule has 1 saturated carbocycles. The van der Waals surface area contributed by atoms with Gasteiger partial charge >= 0.3 is 0 Å². The van der Waals surface area contributed by atoms with Crippen molar-refractivity contribution in [1.82, 2.24) is 14.8 Å². The number of anilines is 1. The standard InChI is InChI=1S/C14H18N4O/c1-10-8-16-18(12-4-2-3-5-12)13(10)17-14(19)11-6-7-15-9-11/h6-9,12,15H,2-5H2,1H3,(H,17,19). The number of aromatic amines is 1. The molecule has 0 saturated heterocycles. The number of nitrogens with one attached hydrogen (secondary N) is 2. The van der Waals surface area contributed by atoms with Crippen molar-refractivity contribution in [1.29, 1.82) is 0 Å². The molecule has 2 heterocycles. The number of H-pyrrole nitrogens is 1. The monoisotopic (exact) mass is 258 g/mol. The van der Waals surface area contributed by atoms with Crippen LogP contribution in [0.5, 0.6) is 0 Å². The number of aryl methyl sites for hydroxylation is 1. The maximum atomic E-state index is 12.1. The molecule has 3 rings (SSSR count). The van der Waals surface area contributed by atoms with Gasteiger partial charge in [0.25, 0.3) is 5.91 Å². The summed E-state index contributed by atoms with van der Waals surface area (Å²) in [7, 11) is 0. The highest BCUT2D eigenvalue weighted by Gasteiger charge is 2.22. The molecule has 1 amide bonds. The fraction of sp³-hybridized carbons (Fsp3) is 0.429. The van der Waals surface area contributed by atoms with Crippen molar-refractivity contribution in [2.24, 2.45) is 0 Å². The summed E-state index contributed by atoms with van der Waals surface area (Å²) in [5.74, 6) is 0.738. The Morgan fingerprint density at radius 1 is 1.47 bits per heavy atom. The second kappa shape index (κ2) is 4.91. The number of rotatable bonds is 3. The van der Waals surface area contributed by atoms with E-state index < -0.39 is 0 Å². The third-order valence-electron chi connectivity index (χ3n) is 3.74. The Labute approximate surface area is 112 Å². The largest absolute Gasteiger partial charge is 0.367 e. The van der Waals surface area contributed by atoms with Gasteiger partial charge < -0.3 is 10.3 Å². The summed E-state index contributed by atoms with van der Waals surface area (Å²) in [5, 5.41) is 7.41. The van der Waals surface area contributed by atoms with E-state index in [9.17, 15) is 4.79 Å². The molecule has 0 unspecified atom stereocenters. The predicted octanol–water partition coefficient (Wildman–Crippen LogP) is 2.89. The van der Waals surface area contributed by atoms with Crippen molar-refractivity contribution in [3.05, 3.63) is 35.8 Å². The lowest BCUT2D eigenvalue weighted by Gasteiger charge is -2.15. The summed E-state index contributed by atoms with van der Waals surface area (Å²) in [6.45, 7) is 1.98. The van der Waals surface area contributed by atoms with Gasteiger partial charge in [0, 0.05) is 18.0 Å². The third-order valence-corrected chi connectivity index (χ3v) is 3.74. The highest BCUT2D eigenvalue weighted by atomic mass is 16.1. The lowest BCUT2D eigenvalue weighted by atomic mass is 10.2. The molecule has 1 aliphatic rings. The van der Waals surface area contributed by atoms with Crippen LogP contribution >= 0.6 is 0 Å². The topological polar surface area (TPSA) is 62.7 Å². The normalized spacial score (nSPS) is 15.8. The SMILES string of the molecule is Cc1cnn(C2CCCC2)c1NC(=O)c1cc[nH]c1. The molecule has 1 fully saturated rings. The van der Waals surface area contributed by atoms with Crippen molar-refractivity contribution in [3.63, 3.8) is 0 Å². The second-order valence-electron chi connectivity index (χ2n) is 5.11. The Morgan fingerprint density at radius 2 is 2.26 bits per heavy atom. The van der Waals surface area contributed by atoms with Crippen LogP contribution in [-0.2, 0) is 0 Å². The second-order valence-corrected chi connectivity index (χ2v) is 5.11. The summed E-state index contributed by atoms with van der Waals surface area (Å²) in [6.07, 6.45) is 10.0. The van der Waals surface area contributed by atoms with Gasteiger partial charge in [-0.3, -0.25) is 4.79 Å². The minimum atomic E-state index is -0.0934. The summed E-state index contributed by atoms with van der Waals surface area (Å²) < 4.78 is 1.98. The van der Waals surface area contributed by atoms with Crippen LogP contribution in [0.1, 0.15) is 47.6 Å². The zero-order valence-electron chi connectivity index (χ0n) is 11.0. The first-order valence-corrected chi connectivity index (χ1v) is 6.74. The molecule has 1 aliphatic carbocycles. The van der Waals surface area contributed by atoms with Crippen LogP contribution in [0, 0.1) is 6.92 Å². The first-order valence-electron chi connectivity index (χ1n) is 6.74. The number of amides is 1. The number of hydrogen-bond acceptors (Lipinski definition) is 2. The van der Waals surface area contributed by atoms with Gasteiger partial charge in [-0.1, -0.05) is 12.8 Å². The Morgan fingerprint density at radius 3 is 2.95 bits per heavy atom. The Kier molecular flexibility index (Phi) is 3.11. The lowest BCUT2D eigenvalue weighted by molar-refractivity contribution is 0.102. The van der Waals surface area contributed by atoms with Crippen molar-refractivity contribution >= 4 is 11.7 Å². The number of carbonyl (C=O) groups excluding carboxylic acids is 1. The van der Waals surface area contributed by atoms with Gasteiger partial charge in [-0.2, -0.15) is 5.10 Å². The van der Waals surface area contributed by atoms with E-state index in [1.807, 2.05) is 17.8 Å². The van der Waals surface area contributed by atoms with E-state index in [0.29, 0.717) is 11.6 Å². The molecule has 0 radical (unpaired) electrons. The minimum Gasteiger partial charge on any atom is -0.367 e. The van der Waals surface area contributed by atoms with Gasteiger partial charge in [0.1, 0.15) is 5.82 Å². The molecule has 100 valence electrons. The molecule has 2 aromatic rings. The van der Waals surface area contributed by atoms with Crippen molar-refractivity contribution < 1.29 is 4.79 Å². The molecular formula is C14H18N4O. The fourth-order valence-corrected chi connectivity index (χ4v) is 2.67. The van der Waals surface area contributed by atoms with E-state index in [4.69, 9.17) is 0 Å². The zero-order chi connectivity index (χ0) is 13.2. The number of aromatic nitrogens is 3. The fourth-order valence-electron chi connectivity index (χ4n) is 2.67. The molecule has 5 heteroatoms. The Bertz CT molecular complexity index is 564. The first kappa shape index (κ1) is 12.0. The predicted molar refractivity (Wildman–Crippen MR) is 73.2 cm³/mol. The summed E-state index contributed by atoms with van der Waals surface area (Å²) >= 11 is 0. The van der Waals surface area contributed by atoms with Crippen LogP contribution in [0.4, 0.5) is 5.82 Å². The molecule has 0 aliphatic heterocycles. The van der Waals surface area contributed by atoms with Crippen molar-refractivity contribution in [2.75, 3.05) is 5.32 Å². The summed E-state index contributed by atoms with van der Waals surface area (Å²) in [5.41, 5.74) is 1.65. The maximum absolute atomic E-state index is 12.1. The van der Waals surface area contributed by atoms with E-state index in [2.05, 4.69) is 15.4 Å². The van der Waals surface area contributed by atoms with Crippen LogP contribution in [0.15, 0.2) is 24.7 Å². The zero-order valence-corrected chi connectivity index (χ0v) is 11.0. The molecule has 2 aromatic heterocycles. The average molecular weight is 258 g/mol. The van der Waals surface area contributed by atoms with E-state index in [-0.39, 0.29) is 5.91 Å². The third kappa shape index (κ3) is 2.28. The van der Waals surface area contributed by atoms with E-state index >= 15 is 0 Å². The quantitative estimate of drug-likeness (QED) is 0.889. The highest BCUT2D eigenvalue weighted by Crippen LogP contribution is 2.32. The van der Waals surface area contributed by atoms with Gasteiger partial charge in [-0.05, 0) is 25.8 Å². The van der Waals surface area contributed by atoms with Gasteiger partial charge in [0.2, 0.25) is 0 Å². The summed E-state index contributed by atoms with van der Waals surface area (Å²) in [6, 6.07) is 2.19. The Hall–Kier alpha value is -2.04. The molecule has 0 atom stereocenters. The van der Waals surface area contributed by atoms with E-state index in [1.165, 1.54) is 12.8 Å². The molecule has 0 aromatic carbocycles. The van der Waals surface area contributed by atoms with Gasteiger partial charge in [0.05, 0.1) is 17.8 Å². The molecule has 2 N–H and O–H groups in total. The summed E-state index contributed by atoms with van der Waals surface area (Å²) in [4.78, 5) is 15.0. The molecule has 0 spiro atoms. The van der Waals surface area contributed by atoms with E-state index in [0.717, 1.165) is 24.2 Å². The molecule has 5 nitrogen and oxygen atoms in total. The average Bonchev–Trinajstić information content (AvgIpc) is 3.10. The number of carbonyl (C=O) groups is 1. The molecular weight excluding hydrogens is 240 g/mol. The smallest absolute Gasteiger partial charge is 0.258 e. The van der Waals surface area contributed by atoms with Gasteiger partial charge in [0.15, 0.2) is 0 Å². The Balaban J connectivity index is 1.84. The lowest BCUT2D eigenvalue weighted by Crippen LogP contribution is -2.17. The van der Waals surface area contributed by atoms with Crippen molar-refractivity contribution in [3.8, 4) is 0 Å². The first-order chi connectivity index (χ1) is 9.25. The van der Waals surface area contributed by atoms with Crippen LogP contribution < -0.4 is 5.32 Å². The van der Waals surface area contributed by atoms with Crippen LogP contribution in [0.2, 0.25) is 0 Å². The van der Waals surface area contributed by atoms with Crippen molar-refractivity contribution in [2.45, 2.75) is 38.6 Å². The molecule has 19 heavy (non-hydrogen) atoms. The van der Waals surface area contributed by atoms with Crippen LogP contribution in [-0.4, -0.2) is 20.7 Å². The number of nitrogens with zero attached hydrogens (tertiary/aromatic N) is 2.